The Morgan fingerprint density at radius 3 is 2.45 bits per heavy atom. The summed E-state index contributed by atoms with van der Waals surface area (Å²) >= 11 is 0. The quantitative estimate of drug-likeness (QED) is 0.873. The van der Waals surface area contributed by atoms with Gasteiger partial charge in [-0.2, -0.15) is 0 Å². The number of anilines is 1. The normalized spacial score (nSPS) is 13.8. The van der Waals surface area contributed by atoms with Gasteiger partial charge in [0.15, 0.2) is 0 Å². The third kappa shape index (κ3) is 3.81. The molecule has 0 fully saturated rings. The van der Waals surface area contributed by atoms with Gasteiger partial charge in [0, 0.05) is 5.69 Å². The number of benzene rings is 2. The van der Waals surface area contributed by atoms with Gasteiger partial charge < -0.3 is 10.4 Å². The molecule has 0 aliphatic rings. The molecule has 0 heterocycles. The van der Waals surface area contributed by atoms with Crippen molar-refractivity contribution >= 4 is 5.69 Å². The van der Waals surface area contributed by atoms with E-state index < -0.39 is 5.54 Å². The fraction of sp³-hybridized carbons (Fsp3) is 0.294. The number of aliphatic hydroxyl groups is 1. The van der Waals surface area contributed by atoms with Gasteiger partial charge in [0.25, 0.3) is 0 Å². The van der Waals surface area contributed by atoms with Crippen LogP contribution in [-0.4, -0.2) is 17.3 Å². The SMILES string of the molecule is Cc1cc(F)cc(NC(C)(CO)Cc2ccccc2)c1. The van der Waals surface area contributed by atoms with Crippen molar-refractivity contribution in [3.8, 4) is 0 Å². The number of halogens is 1. The Morgan fingerprint density at radius 2 is 1.85 bits per heavy atom. The van der Waals surface area contributed by atoms with Crippen molar-refractivity contribution in [2.24, 2.45) is 0 Å². The highest BCUT2D eigenvalue weighted by atomic mass is 19.1. The fourth-order valence-corrected chi connectivity index (χ4v) is 2.34. The van der Waals surface area contributed by atoms with Gasteiger partial charge in [-0.3, -0.25) is 0 Å². The molecular weight excluding hydrogens is 253 g/mol. The molecule has 0 saturated heterocycles. The Balaban J connectivity index is 2.18. The Morgan fingerprint density at radius 1 is 1.15 bits per heavy atom. The molecule has 2 aromatic rings. The number of nitrogens with one attached hydrogen (secondary N) is 1. The van der Waals surface area contributed by atoms with Crippen LogP contribution < -0.4 is 5.32 Å². The molecule has 0 amide bonds. The summed E-state index contributed by atoms with van der Waals surface area (Å²) in [5, 5.41) is 12.9. The standard InChI is InChI=1S/C17H20FNO/c1-13-8-15(18)10-16(9-13)19-17(2,12-20)11-14-6-4-3-5-7-14/h3-10,19-20H,11-12H2,1-2H3. The zero-order valence-electron chi connectivity index (χ0n) is 11.9. The third-order valence-electron chi connectivity index (χ3n) is 3.27. The van der Waals surface area contributed by atoms with E-state index in [0.29, 0.717) is 12.1 Å². The molecular formula is C17H20FNO. The van der Waals surface area contributed by atoms with Crippen LogP contribution >= 0.6 is 0 Å². The van der Waals surface area contributed by atoms with Crippen molar-refractivity contribution in [1.29, 1.82) is 0 Å². The molecule has 0 spiro atoms. The Hall–Kier alpha value is -1.87. The zero-order chi connectivity index (χ0) is 14.6. The van der Waals surface area contributed by atoms with Crippen molar-refractivity contribution in [3.05, 3.63) is 65.5 Å². The smallest absolute Gasteiger partial charge is 0.125 e. The van der Waals surface area contributed by atoms with E-state index in [1.165, 1.54) is 12.1 Å². The van der Waals surface area contributed by atoms with Crippen molar-refractivity contribution in [2.75, 3.05) is 11.9 Å². The van der Waals surface area contributed by atoms with Gasteiger partial charge in [-0.15, -0.1) is 0 Å². The first-order valence-corrected chi connectivity index (χ1v) is 6.71. The molecule has 20 heavy (non-hydrogen) atoms. The van der Waals surface area contributed by atoms with Crippen molar-refractivity contribution < 1.29 is 9.50 Å². The number of hydrogen-bond acceptors (Lipinski definition) is 2. The van der Waals surface area contributed by atoms with Gasteiger partial charge >= 0.3 is 0 Å². The van der Waals surface area contributed by atoms with Crippen LogP contribution in [0.5, 0.6) is 0 Å². The third-order valence-corrected chi connectivity index (χ3v) is 3.27. The second-order valence-corrected chi connectivity index (χ2v) is 5.52. The topological polar surface area (TPSA) is 32.3 Å². The lowest BCUT2D eigenvalue weighted by molar-refractivity contribution is 0.222. The minimum Gasteiger partial charge on any atom is -0.394 e. The molecule has 0 radical (unpaired) electrons. The Kier molecular flexibility index (Phi) is 4.40. The lowest BCUT2D eigenvalue weighted by atomic mass is 9.93. The first kappa shape index (κ1) is 14.5. The van der Waals surface area contributed by atoms with Crippen LogP contribution in [0.3, 0.4) is 0 Å². The predicted octanol–water partition coefficient (Wildman–Crippen LogP) is 3.54. The number of rotatable bonds is 5. The van der Waals surface area contributed by atoms with Gasteiger partial charge in [-0.05, 0) is 49.6 Å². The summed E-state index contributed by atoms with van der Waals surface area (Å²) in [4.78, 5) is 0. The summed E-state index contributed by atoms with van der Waals surface area (Å²) in [5.41, 5.74) is 2.15. The predicted molar refractivity (Wildman–Crippen MR) is 80.4 cm³/mol. The fourth-order valence-electron chi connectivity index (χ4n) is 2.34. The largest absolute Gasteiger partial charge is 0.394 e. The molecule has 1 unspecified atom stereocenters. The average Bonchev–Trinajstić information content (AvgIpc) is 2.38. The maximum Gasteiger partial charge on any atom is 0.125 e. The van der Waals surface area contributed by atoms with E-state index in [2.05, 4.69) is 5.32 Å². The lowest BCUT2D eigenvalue weighted by Crippen LogP contribution is -2.41. The first-order chi connectivity index (χ1) is 9.50. The van der Waals surface area contributed by atoms with E-state index in [9.17, 15) is 9.50 Å². The highest BCUT2D eigenvalue weighted by Crippen LogP contribution is 2.21. The highest BCUT2D eigenvalue weighted by molar-refractivity contribution is 5.48. The van der Waals surface area contributed by atoms with Crippen molar-refractivity contribution in [1.82, 2.24) is 0 Å². The maximum atomic E-state index is 13.4. The molecule has 2 rings (SSSR count). The van der Waals surface area contributed by atoms with Crippen molar-refractivity contribution in [2.45, 2.75) is 25.8 Å². The van der Waals surface area contributed by atoms with E-state index >= 15 is 0 Å². The minimum atomic E-state index is -0.526. The Bertz CT molecular complexity index is 550. The molecule has 1 atom stereocenters. The minimum absolute atomic E-state index is 0.0303. The van der Waals surface area contributed by atoms with E-state index in [4.69, 9.17) is 0 Å². The summed E-state index contributed by atoms with van der Waals surface area (Å²) in [7, 11) is 0. The summed E-state index contributed by atoms with van der Waals surface area (Å²) in [6, 6.07) is 14.8. The molecule has 0 aliphatic heterocycles. The second kappa shape index (κ2) is 6.06. The van der Waals surface area contributed by atoms with Gasteiger partial charge in [0.2, 0.25) is 0 Å². The molecule has 106 valence electrons. The molecule has 0 bridgehead atoms. The van der Waals surface area contributed by atoms with Crippen LogP contribution in [0.25, 0.3) is 0 Å². The van der Waals surface area contributed by atoms with Crippen LogP contribution in [0.2, 0.25) is 0 Å². The average molecular weight is 273 g/mol. The van der Waals surface area contributed by atoms with Gasteiger partial charge in [-0.1, -0.05) is 30.3 Å². The number of hydrogen-bond donors (Lipinski definition) is 2. The molecule has 2 aromatic carbocycles. The van der Waals surface area contributed by atoms with Crippen LogP contribution in [0.1, 0.15) is 18.1 Å². The van der Waals surface area contributed by atoms with Gasteiger partial charge in [0.05, 0.1) is 12.1 Å². The summed E-state index contributed by atoms with van der Waals surface area (Å²) in [5.74, 6) is -0.271. The molecule has 0 aromatic heterocycles. The van der Waals surface area contributed by atoms with Gasteiger partial charge in [-0.25, -0.2) is 4.39 Å². The summed E-state index contributed by atoms with van der Waals surface area (Å²) < 4.78 is 13.4. The molecule has 0 aliphatic carbocycles. The maximum absolute atomic E-state index is 13.4. The molecule has 0 saturated carbocycles. The van der Waals surface area contributed by atoms with Crippen LogP contribution in [0.15, 0.2) is 48.5 Å². The summed E-state index contributed by atoms with van der Waals surface area (Å²) in [6.07, 6.45) is 0.667. The van der Waals surface area contributed by atoms with E-state index in [0.717, 1.165) is 11.1 Å². The molecule has 2 nitrogen and oxygen atoms in total. The number of aryl methyl sites for hydroxylation is 1. The van der Waals surface area contributed by atoms with Crippen LogP contribution in [-0.2, 0) is 6.42 Å². The van der Waals surface area contributed by atoms with Crippen LogP contribution in [0, 0.1) is 12.7 Å². The zero-order valence-corrected chi connectivity index (χ0v) is 11.9. The Labute approximate surface area is 119 Å². The monoisotopic (exact) mass is 273 g/mol. The second-order valence-electron chi connectivity index (χ2n) is 5.52. The van der Waals surface area contributed by atoms with E-state index in [-0.39, 0.29) is 12.4 Å². The van der Waals surface area contributed by atoms with Crippen LogP contribution in [0.4, 0.5) is 10.1 Å². The molecule has 2 N–H and O–H groups in total. The highest BCUT2D eigenvalue weighted by Gasteiger charge is 2.23. The molecule has 3 heteroatoms. The first-order valence-electron chi connectivity index (χ1n) is 6.71. The summed E-state index contributed by atoms with van der Waals surface area (Å²) in [6.45, 7) is 3.75. The van der Waals surface area contributed by atoms with E-state index in [1.807, 2.05) is 50.2 Å². The lowest BCUT2D eigenvalue weighted by Gasteiger charge is -2.30. The van der Waals surface area contributed by atoms with Crippen molar-refractivity contribution in [3.63, 3.8) is 0 Å². The van der Waals surface area contributed by atoms with Gasteiger partial charge in [0.1, 0.15) is 5.82 Å². The number of aliphatic hydroxyl groups excluding tert-OH is 1. The van der Waals surface area contributed by atoms with E-state index in [1.54, 1.807) is 0 Å².